The molecule has 0 spiro atoms. The number of likely N-dealkylation sites (tertiary alicyclic amines) is 1. The van der Waals surface area contributed by atoms with Crippen molar-refractivity contribution in [3.8, 4) is 0 Å². The number of aryl methyl sites for hydroxylation is 1. The Hall–Kier alpha value is -1.46. The maximum absolute atomic E-state index is 13.4. The largest absolute Gasteiger partial charge is 0.380 e. The molecule has 1 amide bonds. The minimum atomic E-state index is -0.289. The molecule has 4 nitrogen and oxygen atoms in total. The third-order valence-corrected chi connectivity index (χ3v) is 4.78. The Morgan fingerprint density at radius 1 is 1.39 bits per heavy atom. The summed E-state index contributed by atoms with van der Waals surface area (Å²) in [6, 6.07) is 4.48. The molecule has 0 aliphatic carbocycles. The van der Waals surface area contributed by atoms with Gasteiger partial charge in [-0.15, -0.1) is 0 Å². The Bertz CT molecular complexity index is 544. The fourth-order valence-electron chi connectivity index (χ4n) is 3.10. The Morgan fingerprint density at radius 3 is 2.61 bits per heavy atom. The molecular formula is C18H27FN2O2. The molecule has 0 N–H and O–H groups in total. The second kappa shape index (κ2) is 7.88. The number of rotatable bonds is 6. The molecular weight excluding hydrogens is 295 g/mol. The van der Waals surface area contributed by atoms with Gasteiger partial charge in [-0.1, -0.05) is 0 Å². The molecule has 1 saturated heterocycles. The van der Waals surface area contributed by atoms with Gasteiger partial charge in [0.15, 0.2) is 0 Å². The predicted molar refractivity (Wildman–Crippen MR) is 89.2 cm³/mol. The number of nitrogens with zero attached hydrogens (tertiary/aromatic N) is 2. The van der Waals surface area contributed by atoms with E-state index in [4.69, 9.17) is 4.74 Å². The van der Waals surface area contributed by atoms with Gasteiger partial charge in [0.1, 0.15) is 5.82 Å². The highest BCUT2D eigenvalue weighted by atomic mass is 19.1. The highest BCUT2D eigenvalue weighted by molar-refractivity contribution is 5.94. The first kappa shape index (κ1) is 17.9. The van der Waals surface area contributed by atoms with Gasteiger partial charge in [0, 0.05) is 26.3 Å². The summed E-state index contributed by atoms with van der Waals surface area (Å²) in [6.45, 7) is 6.61. The van der Waals surface area contributed by atoms with Crippen LogP contribution in [0.5, 0.6) is 0 Å². The zero-order valence-electron chi connectivity index (χ0n) is 14.5. The molecule has 0 aromatic heterocycles. The van der Waals surface area contributed by atoms with Crippen LogP contribution in [-0.2, 0) is 4.74 Å². The third-order valence-electron chi connectivity index (χ3n) is 4.78. The van der Waals surface area contributed by atoms with Crippen molar-refractivity contribution >= 4 is 5.91 Å². The Morgan fingerprint density at radius 2 is 2.04 bits per heavy atom. The average Bonchev–Trinajstić information content (AvgIpc) is 3.06. The number of hydrogen-bond acceptors (Lipinski definition) is 3. The minimum Gasteiger partial charge on any atom is -0.380 e. The van der Waals surface area contributed by atoms with E-state index in [-0.39, 0.29) is 23.9 Å². The molecule has 1 aromatic carbocycles. The van der Waals surface area contributed by atoms with Crippen LogP contribution in [0.15, 0.2) is 18.2 Å². The molecule has 1 fully saturated rings. The van der Waals surface area contributed by atoms with Gasteiger partial charge in [-0.25, -0.2) is 4.39 Å². The van der Waals surface area contributed by atoms with E-state index in [9.17, 15) is 9.18 Å². The number of methoxy groups -OCH3 is 1. The second-order valence-corrected chi connectivity index (χ2v) is 6.40. The first-order valence-electron chi connectivity index (χ1n) is 8.22. The van der Waals surface area contributed by atoms with E-state index in [0.29, 0.717) is 11.1 Å². The minimum absolute atomic E-state index is 0.0315. The zero-order chi connectivity index (χ0) is 17.0. The van der Waals surface area contributed by atoms with Crippen LogP contribution in [0, 0.1) is 12.7 Å². The number of halogens is 1. The van der Waals surface area contributed by atoms with Gasteiger partial charge >= 0.3 is 0 Å². The molecule has 128 valence electrons. The summed E-state index contributed by atoms with van der Waals surface area (Å²) in [5.41, 5.74) is 1.00. The molecule has 23 heavy (non-hydrogen) atoms. The Kier molecular flexibility index (Phi) is 6.13. The molecule has 5 heteroatoms. The monoisotopic (exact) mass is 322 g/mol. The summed E-state index contributed by atoms with van der Waals surface area (Å²) in [5.74, 6) is -0.385. The van der Waals surface area contributed by atoms with Crippen LogP contribution in [-0.4, -0.2) is 61.6 Å². The Labute approximate surface area is 138 Å². The summed E-state index contributed by atoms with van der Waals surface area (Å²) in [5, 5.41) is 0. The van der Waals surface area contributed by atoms with Crippen molar-refractivity contribution in [1.82, 2.24) is 9.80 Å². The second-order valence-electron chi connectivity index (χ2n) is 6.40. The van der Waals surface area contributed by atoms with E-state index in [1.54, 1.807) is 38.1 Å². The van der Waals surface area contributed by atoms with Crippen molar-refractivity contribution < 1.29 is 13.9 Å². The third kappa shape index (κ3) is 4.30. The van der Waals surface area contributed by atoms with Crippen LogP contribution in [0.4, 0.5) is 4.39 Å². The topological polar surface area (TPSA) is 32.8 Å². The van der Waals surface area contributed by atoms with Gasteiger partial charge in [-0.3, -0.25) is 4.79 Å². The zero-order valence-corrected chi connectivity index (χ0v) is 14.5. The summed E-state index contributed by atoms with van der Waals surface area (Å²) < 4.78 is 18.9. The van der Waals surface area contributed by atoms with Gasteiger partial charge in [0.25, 0.3) is 5.91 Å². The van der Waals surface area contributed by atoms with Crippen LogP contribution in [0.3, 0.4) is 0 Å². The summed E-state index contributed by atoms with van der Waals surface area (Å²) >= 11 is 0. The van der Waals surface area contributed by atoms with E-state index in [1.165, 1.54) is 18.9 Å². The number of carbonyl (C=O) groups excluding carboxylic acids is 1. The van der Waals surface area contributed by atoms with Crippen LogP contribution in [0.25, 0.3) is 0 Å². The van der Waals surface area contributed by atoms with Crippen LogP contribution >= 0.6 is 0 Å². The number of ether oxygens (including phenoxy) is 1. The maximum Gasteiger partial charge on any atom is 0.253 e. The molecule has 0 saturated carbocycles. The fraction of sp³-hybridized carbons (Fsp3) is 0.611. The van der Waals surface area contributed by atoms with E-state index in [1.807, 2.05) is 6.92 Å². The SMILES string of the molecule is COC(C)C(CN1CCCC1)N(C)C(=O)c1ccc(F)c(C)c1. The van der Waals surface area contributed by atoms with Crippen molar-refractivity contribution in [3.05, 3.63) is 35.1 Å². The molecule has 2 rings (SSSR count). The van der Waals surface area contributed by atoms with Gasteiger partial charge < -0.3 is 14.5 Å². The Balaban J connectivity index is 2.15. The average molecular weight is 322 g/mol. The highest BCUT2D eigenvalue weighted by Crippen LogP contribution is 2.17. The smallest absolute Gasteiger partial charge is 0.253 e. The molecule has 1 aliphatic rings. The van der Waals surface area contributed by atoms with Crippen molar-refractivity contribution in [2.45, 2.75) is 38.8 Å². The van der Waals surface area contributed by atoms with Crippen molar-refractivity contribution in [3.63, 3.8) is 0 Å². The number of amides is 1. The predicted octanol–water partition coefficient (Wildman–Crippen LogP) is 2.71. The molecule has 1 aromatic rings. The lowest BCUT2D eigenvalue weighted by atomic mass is 10.1. The summed E-state index contributed by atoms with van der Waals surface area (Å²) in [6.07, 6.45) is 2.36. The number of benzene rings is 1. The summed E-state index contributed by atoms with van der Waals surface area (Å²) in [4.78, 5) is 16.9. The molecule has 1 aliphatic heterocycles. The lowest BCUT2D eigenvalue weighted by molar-refractivity contribution is 0.0197. The highest BCUT2D eigenvalue weighted by Gasteiger charge is 2.29. The molecule has 2 atom stereocenters. The van der Waals surface area contributed by atoms with Crippen molar-refractivity contribution in [2.75, 3.05) is 33.8 Å². The fourth-order valence-corrected chi connectivity index (χ4v) is 3.10. The van der Waals surface area contributed by atoms with Gasteiger partial charge in [0.2, 0.25) is 0 Å². The van der Waals surface area contributed by atoms with Gasteiger partial charge in [-0.05, 0) is 63.5 Å². The van der Waals surface area contributed by atoms with Crippen molar-refractivity contribution in [2.24, 2.45) is 0 Å². The first-order valence-corrected chi connectivity index (χ1v) is 8.22. The standard InChI is InChI=1S/C18H27FN2O2/c1-13-11-15(7-8-16(13)19)18(22)20(3)17(14(2)23-4)12-21-9-5-6-10-21/h7-8,11,14,17H,5-6,9-10,12H2,1-4H3. The van der Waals surface area contributed by atoms with E-state index < -0.39 is 0 Å². The summed E-state index contributed by atoms with van der Waals surface area (Å²) in [7, 11) is 3.47. The van der Waals surface area contributed by atoms with Gasteiger partial charge in [0.05, 0.1) is 12.1 Å². The number of likely N-dealkylation sites (N-methyl/N-ethyl adjacent to an activating group) is 1. The quantitative estimate of drug-likeness (QED) is 0.807. The number of carbonyl (C=O) groups is 1. The number of hydrogen-bond donors (Lipinski definition) is 0. The molecule has 0 bridgehead atoms. The lowest BCUT2D eigenvalue weighted by Crippen LogP contribution is -2.50. The van der Waals surface area contributed by atoms with Crippen molar-refractivity contribution in [1.29, 1.82) is 0 Å². The molecule has 2 unspecified atom stereocenters. The van der Waals surface area contributed by atoms with E-state index in [0.717, 1.165) is 19.6 Å². The maximum atomic E-state index is 13.4. The normalized spacial score (nSPS) is 18.0. The van der Waals surface area contributed by atoms with Crippen LogP contribution < -0.4 is 0 Å². The van der Waals surface area contributed by atoms with E-state index in [2.05, 4.69) is 4.90 Å². The lowest BCUT2D eigenvalue weighted by Gasteiger charge is -2.35. The first-order chi connectivity index (χ1) is 10.9. The molecule has 1 heterocycles. The van der Waals surface area contributed by atoms with E-state index >= 15 is 0 Å². The molecule has 0 radical (unpaired) electrons. The van der Waals surface area contributed by atoms with Gasteiger partial charge in [-0.2, -0.15) is 0 Å². The van der Waals surface area contributed by atoms with Crippen LogP contribution in [0.1, 0.15) is 35.7 Å². The van der Waals surface area contributed by atoms with Crippen LogP contribution in [0.2, 0.25) is 0 Å².